The van der Waals surface area contributed by atoms with Crippen molar-refractivity contribution in [3.63, 3.8) is 0 Å². The Morgan fingerprint density at radius 2 is 1.81 bits per heavy atom. The van der Waals surface area contributed by atoms with Gasteiger partial charge in [0.25, 0.3) is 0 Å². The van der Waals surface area contributed by atoms with Crippen molar-refractivity contribution in [1.29, 1.82) is 0 Å². The van der Waals surface area contributed by atoms with E-state index in [9.17, 15) is 0 Å². The van der Waals surface area contributed by atoms with E-state index in [0.29, 0.717) is 0 Å². The second-order valence-electron chi connectivity index (χ2n) is 5.86. The van der Waals surface area contributed by atoms with Crippen LogP contribution in [0.5, 0.6) is 5.75 Å². The molecule has 0 aromatic heterocycles. The van der Waals surface area contributed by atoms with Crippen LogP contribution in [0.2, 0.25) is 0 Å². The fraction of sp³-hybridized carbons (Fsp3) is 0.368. The summed E-state index contributed by atoms with van der Waals surface area (Å²) in [6.45, 7) is 3.06. The highest BCUT2D eigenvalue weighted by molar-refractivity contribution is 5.35. The first kappa shape index (κ1) is 14.2. The molecule has 2 nitrogen and oxygen atoms in total. The fourth-order valence-electron chi connectivity index (χ4n) is 2.73. The maximum atomic E-state index is 5.43. The first-order valence-corrected chi connectivity index (χ1v) is 7.73. The summed E-state index contributed by atoms with van der Waals surface area (Å²) in [6, 6.07) is 17.5. The van der Waals surface area contributed by atoms with Gasteiger partial charge in [-0.25, -0.2) is 0 Å². The smallest absolute Gasteiger partial charge is 0.123 e. The van der Waals surface area contributed by atoms with Crippen molar-refractivity contribution in [2.24, 2.45) is 0 Å². The first-order valence-electron chi connectivity index (χ1n) is 7.73. The zero-order valence-electron chi connectivity index (χ0n) is 12.8. The Morgan fingerprint density at radius 3 is 2.48 bits per heavy atom. The van der Waals surface area contributed by atoms with Crippen molar-refractivity contribution in [3.05, 3.63) is 65.2 Å². The highest BCUT2D eigenvalue weighted by Crippen LogP contribution is 2.39. The molecule has 0 saturated heterocycles. The third kappa shape index (κ3) is 3.45. The van der Waals surface area contributed by atoms with Gasteiger partial charge < -0.3 is 10.1 Å². The molecular formula is C19H23NO. The Bertz CT molecular complexity index is 587. The Labute approximate surface area is 127 Å². The lowest BCUT2D eigenvalue weighted by atomic mass is 10.1. The van der Waals surface area contributed by atoms with E-state index in [0.717, 1.165) is 18.2 Å². The number of hydrogen-bond donors (Lipinski definition) is 1. The van der Waals surface area contributed by atoms with Crippen molar-refractivity contribution < 1.29 is 4.74 Å². The largest absolute Gasteiger partial charge is 0.496 e. The van der Waals surface area contributed by atoms with Gasteiger partial charge in [-0.15, -0.1) is 0 Å². The fourth-order valence-corrected chi connectivity index (χ4v) is 2.73. The lowest BCUT2D eigenvalue weighted by Crippen LogP contribution is -2.18. The third-order valence-electron chi connectivity index (χ3n) is 4.25. The maximum Gasteiger partial charge on any atom is 0.123 e. The van der Waals surface area contributed by atoms with Crippen LogP contribution >= 0.6 is 0 Å². The number of benzene rings is 2. The van der Waals surface area contributed by atoms with E-state index < -0.39 is 0 Å². The minimum atomic E-state index is 0.268. The van der Waals surface area contributed by atoms with Crippen LogP contribution in [0.25, 0.3) is 0 Å². The van der Waals surface area contributed by atoms with E-state index in [4.69, 9.17) is 4.74 Å². The third-order valence-corrected chi connectivity index (χ3v) is 4.25. The second kappa shape index (κ2) is 6.31. The van der Waals surface area contributed by atoms with Gasteiger partial charge in [-0.2, -0.15) is 0 Å². The van der Waals surface area contributed by atoms with Gasteiger partial charge in [-0.05, 0) is 42.9 Å². The molecule has 0 heterocycles. The summed E-state index contributed by atoms with van der Waals surface area (Å²) in [7, 11) is 1.72. The van der Waals surface area contributed by atoms with E-state index in [-0.39, 0.29) is 6.04 Å². The van der Waals surface area contributed by atoms with E-state index in [2.05, 4.69) is 48.6 Å². The van der Waals surface area contributed by atoms with E-state index in [1.165, 1.54) is 29.5 Å². The first-order chi connectivity index (χ1) is 10.3. The predicted molar refractivity (Wildman–Crippen MR) is 86.7 cm³/mol. The molecule has 21 heavy (non-hydrogen) atoms. The van der Waals surface area contributed by atoms with E-state index in [1.54, 1.807) is 7.11 Å². The molecule has 110 valence electrons. The summed E-state index contributed by atoms with van der Waals surface area (Å²) in [6.07, 6.45) is 2.73. The van der Waals surface area contributed by atoms with Crippen molar-refractivity contribution in [2.45, 2.75) is 38.3 Å². The Balaban J connectivity index is 1.61. The summed E-state index contributed by atoms with van der Waals surface area (Å²) in [5.74, 6) is 1.78. The van der Waals surface area contributed by atoms with Crippen LogP contribution in [-0.4, -0.2) is 7.11 Å². The summed E-state index contributed by atoms with van der Waals surface area (Å²) in [5.41, 5.74) is 4.03. The number of methoxy groups -OCH3 is 1. The van der Waals surface area contributed by atoms with Gasteiger partial charge >= 0.3 is 0 Å². The monoisotopic (exact) mass is 281 g/mol. The van der Waals surface area contributed by atoms with Gasteiger partial charge in [0.15, 0.2) is 0 Å². The maximum absolute atomic E-state index is 5.43. The highest BCUT2D eigenvalue weighted by atomic mass is 16.5. The van der Waals surface area contributed by atoms with Gasteiger partial charge in [0.1, 0.15) is 5.75 Å². The summed E-state index contributed by atoms with van der Waals surface area (Å²) in [4.78, 5) is 0. The number of ether oxygens (including phenoxy) is 1. The van der Waals surface area contributed by atoms with Gasteiger partial charge in [0.05, 0.1) is 7.11 Å². The summed E-state index contributed by atoms with van der Waals surface area (Å²) < 4.78 is 5.43. The SMILES string of the molecule is COc1ccccc1[C@H](C)NCc1ccc(C2CC2)cc1. The van der Waals surface area contributed by atoms with Crippen LogP contribution in [0.15, 0.2) is 48.5 Å². The second-order valence-corrected chi connectivity index (χ2v) is 5.86. The van der Waals surface area contributed by atoms with E-state index >= 15 is 0 Å². The Morgan fingerprint density at radius 1 is 1.10 bits per heavy atom. The average Bonchev–Trinajstić information content (AvgIpc) is 3.38. The molecule has 0 amide bonds. The topological polar surface area (TPSA) is 21.3 Å². The van der Waals surface area contributed by atoms with Crippen LogP contribution in [0.3, 0.4) is 0 Å². The number of para-hydroxylation sites is 1. The van der Waals surface area contributed by atoms with Crippen LogP contribution in [0.1, 0.15) is 48.4 Å². The van der Waals surface area contributed by atoms with Gasteiger partial charge in [-0.3, -0.25) is 0 Å². The van der Waals surface area contributed by atoms with Crippen molar-refractivity contribution in [1.82, 2.24) is 5.32 Å². The standard InChI is InChI=1S/C19H23NO/c1-14(18-5-3-4-6-19(18)21-2)20-13-15-7-9-16(10-8-15)17-11-12-17/h3-10,14,17,20H,11-13H2,1-2H3/t14-/m0/s1. The number of nitrogens with one attached hydrogen (secondary N) is 1. The molecule has 2 aromatic carbocycles. The molecule has 0 bridgehead atoms. The summed E-state index contributed by atoms with van der Waals surface area (Å²) in [5, 5.41) is 3.57. The minimum Gasteiger partial charge on any atom is -0.496 e. The quantitative estimate of drug-likeness (QED) is 0.846. The molecule has 0 unspecified atom stereocenters. The highest BCUT2D eigenvalue weighted by Gasteiger charge is 2.22. The van der Waals surface area contributed by atoms with Crippen LogP contribution < -0.4 is 10.1 Å². The number of rotatable bonds is 6. The molecule has 2 heteroatoms. The molecular weight excluding hydrogens is 258 g/mol. The normalized spacial score (nSPS) is 15.7. The molecule has 1 fully saturated rings. The molecule has 1 aliphatic carbocycles. The lowest BCUT2D eigenvalue weighted by Gasteiger charge is -2.17. The van der Waals surface area contributed by atoms with Crippen LogP contribution in [0, 0.1) is 0 Å². The minimum absolute atomic E-state index is 0.268. The zero-order valence-corrected chi connectivity index (χ0v) is 12.8. The van der Waals surface area contributed by atoms with Gasteiger partial charge in [0, 0.05) is 18.2 Å². The molecule has 3 rings (SSSR count). The molecule has 1 aliphatic rings. The van der Waals surface area contributed by atoms with E-state index in [1.807, 2.05) is 12.1 Å². The molecule has 1 atom stereocenters. The molecule has 0 spiro atoms. The summed E-state index contributed by atoms with van der Waals surface area (Å²) >= 11 is 0. The van der Waals surface area contributed by atoms with Crippen molar-refractivity contribution in [3.8, 4) is 5.75 Å². The lowest BCUT2D eigenvalue weighted by molar-refractivity contribution is 0.401. The van der Waals surface area contributed by atoms with Gasteiger partial charge in [0.2, 0.25) is 0 Å². The number of hydrogen-bond acceptors (Lipinski definition) is 2. The van der Waals surface area contributed by atoms with Crippen LogP contribution in [0.4, 0.5) is 0 Å². The molecule has 2 aromatic rings. The van der Waals surface area contributed by atoms with Crippen LogP contribution in [-0.2, 0) is 6.54 Å². The van der Waals surface area contributed by atoms with Crippen molar-refractivity contribution >= 4 is 0 Å². The zero-order chi connectivity index (χ0) is 14.7. The predicted octanol–water partition coefficient (Wildman–Crippen LogP) is 4.42. The molecule has 1 N–H and O–H groups in total. The molecule has 1 saturated carbocycles. The molecule has 0 radical (unpaired) electrons. The Kier molecular flexibility index (Phi) is 4.26. The molecule has 0 aliphatic heterocycles. The van der Waals surface area contributed by atoms with Crippen molar-refractivity contribution in [2.75, 3.05) is 7.11 Å². The average molecular weight is 281 g/mol. The Hall–Kier alpha value is -1.80. The van der Waals surface area contributed by atoms with Gasteiger partial charge in [-0.1, -0.05) is 42.5 Å².